The van der Waals surface area contributed by atoms with Crippen LogP contribution in [-0.4, -0.2) is 11.7 Å². The summed E-state index contributed by atoms with van der Waals surface area (Å²) < 4.78 is 26.9. The van der Waals surface area contributed by atoms with Gasteiger partial charge in [-0.2, -0.15) is 0 Å². The van der Waals surface area contributed by atoms with E-state index in [2.05, 4.69) is 5.32 Å². The van der Waals surface area contributed by atoms with Gasteiger partial charge in [0.15, 0.2) is 11.6 Å². The van der Waals surface area contributed by atoms with Crippen LogP contribution >= 0.6 is 0 Å². The third-order valence-electron chi connectivity index (χ3n) is 2.80. The first-order valence-electron chi connectivity index (χ1n) is 5.05. The SMILES string of the molecule is OCc1ccc(C2CCCN2)c(F)c1F. The van der Waals surface area contributed by atoms with Gasteiger partial charge in [0.25, 0.3) is 0 Å². The monoisotopic (exact) mass is 213 g/mol. The van der Waals surface area contributed by atoms with Crippen LogP contribution in [0.25, 0.3) is 0 Å². The van der Waals surface area contributed by atoms with Gasteiger partial charge in [0.1, 0.15) is 0 Å². The van der Waals surface area contributed by atoms with Crippen LogP contribution in [0.3, 0.4) is 0 Å². The summed E-state index contributed by atoms with van der Waals surface area (Å²) in [7, 11) is 0. The van der Waals surface area contributed by atoms with E-state index in [1.165, 1.54) is 6.07 Å². The second-order valence-corrected chi connectivity index (χ2v) is 3.75. The molecule has 0 spiro atoms. The van der Waals surface area contributed by atoms with Gasteiger partial charge in [0, 0.05) is 17.2 Å². The van der Waals surface area contributed by atoms with Gasteiger partial charge in [-0.1, -0.05) is 12.1 Å². The van der Waals surface area contributed by atoms with E-state index >= 15 is 0 Å². The lowest BCUT2D eigenvalue weighted by Crippen LogP contribution is -2.15. The number of hydrogen-bond donors (Lipinski definition) is 2. The summed E-state index contributed by atoms with van der Waals surface area (Å²) in [5.74, 6) is -1.76. The molecule has 0 bridgehead atoms. The molecule has 15 heavy (non-hydrogen) atoms. The van der Waals surface area contributed by atoms with E-state index in [0.29, 0.717) is 5.56 Å². The molecule has 4 heteroatoms. The Morgan fingerprint density at radius 1 is 1.33 bits per heavy atom. The fourth-order valence-corrected chi connectivity index (χ4v) is 1.95. The van der Waals surface area contributed by atoms with Crippen LogP contribution in [0.15, 0.2) is 12.1 Å². The van der Waals surface area contributed by atoms with Gasteiger partial charge in [-0.05, 0) is 19.4 Å². The smallest absolute Gasteiger partial charge is 0.164 e. The van der Waals surface area contributed by atoms with E-state index in [-0.39, 0.29) is 11.6 Å². The zero-order valence-electron chi connectivity index (χ0n) is 8.26. The van der Waals surface area contributed by atoms with Crippen molar-refractivity contribution in [2.24, 2.45) is 0 Å². The number of rotatable bonds is 2. The summed E-state index contributed by atoms with van der Waals surface area (Å²) in [5, 5.41) is 11.9. The minimum Gasteiger partial charge on any atom is -0.392 e. The van der Waals surface area contributed by atoms with Crippen molar-refractivity contribution in [1.82, 2.24) is 5.32 Å². The summed E-state index contributed by atoms with van der Waals surface area (Å²) in [6, 6.07) is 2.90. The first kappa shape index (κ1) is 10.5. The maximum absolute atomic E-state index is 13.6. The lowest BCUT2D eigenvalue weighted by molar-refractivity contribution is 0.273. The Kier molecular flexibility index (Phi) is 2.98. The van der Waals surface area contributed by atoms with Gasteiger partial charge in [0.2, 0.25) is 0 Å². The first-order valence-corrected chi connectivity index (χ1v) is 5.05. The Bertz CT molecular complexity index is 362. The normalized spacial score (nSPS) is 20.9. The number of halogens is 2. The molecule has 0 aliphatic carbocycles. The fourth-order valence-electron chi connectivity index (χ4n) is 1.95. The molecule has 2 nitrogen and oxygen atoms in total. The molecule has 1 atom stereocenters. The Balaban J connectivity index is 2.36. The number of nitrogens with one attached hydrogen (secondary N) is 1. The highest BCUT2D eigenvalue weighted by atomic mass is 19.2. The van der Waals surface area contributed by atoms with Gasteiger partial charge in [-0.25, -0.2) is 8.78 Å². The summed E-state index contributed by atoms with van der Waals surface area (Å²) >= 11 is 0. The Hall–Kier alpha value is -1.00. The van der Waals surface area contributed by atoms with Crippen molar-refractivity contribution in [3.63, 3.8) is 0 Å². The zero-order valence-corrected chi connectivity index (χ0v) is 8.26. The van der Waals surface area contributed by atoms with Crippen molar-refractivity contribution in [2.45, 2.75) is 25.5 Å². The number of aliphatic hydroxyl groups is 1. The van der Waals surface area contributed by atoms with Crippen molar-refractivity contribution < 1.29 is 13.9 Å². The molecule has 82 valence electrons. The third kappa shape index (κ3) is 1.87. The molecule has 0 saturated carbocycles. The molecule has 1 fully saturated rings. The van der Waals surface area contributed by atoms with Crippen LogP contribution in [0.2, 0.25) is 0 Å². The molecular formula is C11H13F2NO. The standard InChI is InChI=1S/C11H13F2NO/c12-10-7(6-15)3-4-8(11(10)13)9-2-1-5-14-9/h3-4,9,14-15H,1-2,5-6H2. The van der Waals surface area contributed by atoms with E-state index in [1.807, 2.05) is 0 Å². The van der Waals surface area contributed by atoms with Crippen molar-refractivity contribution in [1.29, 1.82) is 0 Å². The summed E-state index contributed by atoms with van der Waals surface area (Å²) in [4.78, 5) is 0. The minimum atomic E-state index is -0.927. The van der Waals surface area contributed by atoms with Crippen molar-refractivity contribution in [3.05, 3.63) is 34.9 Å². The third-order valence-corrected chi connectivity index (χ3v) is 2.80. The summed E-state index contributed by atoms with van der Waals surface area (Å²) in [5.41, 5.74) is 0.372. The lowest BCUT2D eigenvalue weighted by Gasteiger charge is -2.13. The van der Waals surface area contributed by atoms with Crippen LogP contribution in [0.1, 0.15) is 30.0 Å². The van der Waals surface area contributed by atoms with Crippen LogP contribution in [-0.2, 0) is 6.61 Å². The molecule has 1 aromatic rings. The van der Waals surface area contributed by atoms with Gasteiger partial charge in [-0.15, -0.1) is 0 Å². The Morgan fingerprint density at radius 2 is 2.13 bits per heavy atom. The second-order valence-electron chi connectivity index (χ2n) is 3.75. The van der Waals surface area contributed by atoms with E-state index in [9.17, 15) is 8.78 Å². The van der Waals surface area contributed by atoms with E-state index < -0.39 is 18.2 Å². The van der Waals surface area contributed by atoms with Crippen LogP contribution < -0.4 is 5.32 Å². The Morgan fingerprint density at radius 3 is 2.73 bits per heavy atom. The number of hydrogen-bond acceptors (Lipinski definition) is 2. The molecule has 1 saturated heterocycles. The minimum absolute atomic E-state index is 0.00856. The molecule has 1 heterocycles. The Labute approximate surface area is 86.9 Å². The maximum atomic E-state index is 13.6. The van der Waals surface area contributed by atoms with Crippen molar-refractivity contribution in [2.75, 3.05) is 6.54 Å². The topological polar surface area (TPSA) is 32.3 Å². The van der Waals surface area contributed by atoms with E-state index in [1.54, 1.807) is 6.07 Å². The first-order chi connectivity index (χ1) is 7.24. The second kappa shape index (κ2) is 4.24. The summed E-state index contributed by atoms with van der Waals surface area (Å²) in [6.45, 7) is 0.370. The summed E-state index contributed by atoms with van der Waals surface area (Å²) in [6.07, 6.45) is 1.81. The molecule has 1 aromatic carbocycles. The maximum Gasteiger partial charge on any atom is 0.164 e. The van der Waals surface area contributed by atoms with Crippen molar-refractivity contribution in [3.8, 4) is 0 Å². The predicted molar refractivity (Wildman–Crippen MR) is 52.3 cm³/mol. The lowest BCUT2D eigenvalue weighted by atomic mass is 10.0. The van der Waals surface area contributed by atoms with Crippen LogP contribution in [0, 0.1) is 11.6 Å². The molecule has 1 aliphatic heterocycles. The van der Waals surface area contributed by atoms with Crippen LogP contribution in [0.5, 0.6) is 0 Å². The molecule has 0 amide bonds. The number of benzene rings is 1. The highest BCUT2D eigenvalue weighted by Gasteiger charge is 2.22. The number of aliphatic hydroxyl groups excluding tert-OH is 1. The van der Waals surface area contributed by atoms with Crippen molar-refractivity contribution >= 4 is 0 Å². The van der Waals surface area contributed by atoms with E-state index in [4.69, 9.17) is 5.11 Å². The average Bonchev–Trinajstić information content (AvgIpc) is 2.75. The molecule has 1 aliphatic rings. The van der Waals surface area contributed by atoms with Gasteiger partial charge in [-0.3, -0.25) is 0 Å². The van der Waals surface area contributed by atoms with Gasteiger partial charge < -0.3 is 10.4 Å². The molecular weight excluding hydrogens is 200 g/mol. The molecule has 0 radical (unpaired) electrons. The molecule has 2 rings (SSSR count). The van der Waals surface area contributed by atoms with Crippen LogP contribution in [0.4, 0.5) is 8.78 Å². The largest absolute Gasteiger partial charge is 0.392 e. The molecule has 1 unspecified atom stereocenters. The predicted octanol–water partition coefficient (Wildman–Crippen LogP) is 1.88. The van der Waals surface area contributed by atoms with Gasteiger partial charge in [0.05, 0.1) is 6.61 Å². The molecule has 0 aromatic heterocycles. The highest BCUT2D eigenvalue weighted by molar-refractivity contribution is 5.28. The van der Waals surface area contributed by atoms with Gasteiger partial charge >= 0.3 is 0 Å². The molecule has 2 N–H and O–H groups in total. The fraction of sp³-hybridized carbons (Fsp3) is 0.455. The van der Waals surface area contributed by atoms with E-state index in [0.717, 1.165) is 19.4 Å². The average molecular weight is 213 g/mol. The quantitative estimate of drug-likeness (QED) is 0.786. The highest BCUT2D eigenvalue weighted by Crippen LogP contribution is 2.27. The zero-order chi connectivity index (χ0) is 10.8.